The Labute approximate surface area is 247 Å². The van der Waals surface area contributed by atoms with E-state index >= 15 is 0 Å². The summed E-state index contributed by atoms with van der Waals surface area (Å²) in [5.41, 5.74) is 5.94. The number of nitrogens with one attached hydrogen (secondary N) is 1. The fourth-order valence-corrected chi connectivity index (χ4v) is 5.52. The van der Waals surface area contributed by atoms with E-state index < -0.39 is 36.1 Å². The number of benzene rings is 1. The first kappa shape index (κ1) is 31.8. The van der Waals surface area contributed by atoms with E-state index in [-0.39, 0.29) is 34.8 Å². The minimum absolute atomic E-state index is 0.0472. The molecule has 43 heavy (non-hydrogen) atoms. The molecule has 15 heteroatoms. The number of alkyl halides is 3. The van der Waals surface area contributed by atoms with Gasteiger partial charge in [0.1, 0.15) is 11.9 Å². The van der Waals surface area contributed by atoms with Crippen molar-refractivity contribution in [2.45, 2.75) is 58.4 Å². The monoisotopic (exact) mass is 607 g/mol. The Hall–Kier alpha value is -4.14. The predicted molar refractivity (Wildman–Crippen MR) is 153 cm³/mol. The van der Waals surface area contributed by atoms with Gasteiger partial charge in [0.2, 0.25) is 17.9 Å². The van der Waals surface area contributed by atoms with Crippen molar-refractivity contribution in [3.63, 3.8) is 0 Å². The lowest BCUT2D eigenvalue weighted by Gasteiger charge is -2.39. The van der Waals surface area contributed by atoms with Crippen LogP contribution in [0, 0.1) is 5.41 Å². The number of nitrogens with two attached hydrogens (primary N) is 1. The van der Waals surface area contributed by atoms with Gasteiger partial charge in [-0.05, 0) is 63.6 Å². The molecule has 2 aliphatic heterocycles. The standard InChI is InChI=1S/C28H36F3N7O5/c1-5-42-25(41)17-6-7-20(37(4)36-16(2)3)18(12-17)23(28(29,30)31)43-22-13-21(34-26(32)35-22)38-10-8-27(9-11-38)14-19(24(39)40)33-15-27/h6-7,12-13,19,23,33H,5,8-11,14-15H2,1-4H3,(H,39,40)(H2,32,34,35)/t19-,23+/m0/s1. The van der Waals surface area contributed by atoms with Gasteiger partial charge in [-0.1, -0.05) is 0 Å². The summed E-state index contributed by atoms with van der Waals surface area (Å²) < 4.78 is 54.5. The number of carbonyl (C=O) groups is 2. The number of hydrazone groups is 1. The van der Waals surface area contributed by atoms with Gasteiger partial charge in [0, 0.05) is 44.0 Å². The SMILES string of the molecule is CCOC(=O)c1ccc(N(C)N=C(C)C)c([C@@H](Oc2cc(N3CCC4(CC3)CN[C@H](C(=O)O)C4)nc(N)n2)C(F)(F)F)c1. The summed E-state index contributed by atoms with van der Waals surface area (Å²) in [6, 6.07) is 4.50. The van der Waals surface area contributed by atoms with Crippen molar-refractivity contribution in [1.29, 1.82) is 0 Å². The number of halogens is 3. The Balaban J connectivity index is 1.65. The van der Waals surface area contributed by atoms with E-state index in [1.54, 1.807) is 20.8 Å². The molecule has 4 N–H and O–H groups in total. The smallest absolute Gasteiger partial charge is 0.429 e. The number of aromatic nitrogens is 2. The quantitative estimate of drug-likeness (QED) is 0.217. The molecule has 0 saturated carbocycles. The second-order valence-electron chi connectivity index (χ2n) is 11.0. The van der Waals surface area contributed by atoms with Gasteiger partial charge in [-0.15, -0.1) is 0 Å². The maximum absolute atomic E-state index is 14.7. The summed E-state index contributed by atoms with van der Waals surface area (Å²) in [6.45, 7) is 6.61. The number of carboxylic acid groups (broad SMARTS) is 1. The molecule has 0 aliphatic carbocycles. The summed E-state index contributed by atoms with van der Waals surface area (Å²) >= 11 is 0. The fraction of sp³-hybridized carbons (Fsp3) is 0.536. The number of esters is 1. The van der Waals surface area contributed by atoms with Gasteiger partial charge in [-0.25, -0.2) is 4.79 Å². The lowest BCUT2D eigenvalue weighted by molar-refractivity contribution is -0.198. The van der Waals surface area contributed by atoms with Crippen molar-refractivity contribution in [2.24, 2.45) is 10.5 Å². The Kier molecular flexibility index (Phi) is 9.32. The van der Waals surface area contributed by atoms with Crippen LogP contribution in [0.5, 0.6) is 5.88 Å². The molecule has 234 valence electrons. The molecule has 0 radical (unpaired) electrons. The molecule has 12 nitrogen and oxygen atoms in total. The van der Waals surface area contributed by atoms with Gasteiger partial charge in [-0.3, -0.25) is 9.80 Å². The number of hydrogen-bond donors (Lipinski definition) is 3. The summed E-state index contributed by atoms with van der Waals surface area (Å²) in [7, 11) is 1.49. The van der Waals surface area contributed by atoms with Crippen LogP contribution < -0.4 is 25.7 Å². The first-order valence-electron chi connectivity index (χ1n) is 13.9. The molecule has 0 unspecified atom stereocenters. The first-order chi connectivity index (χ1) is 20.2. The number of hydrogen-bond acceptors (Lipinski definition) is 11. The van der Waals surface area contributed by atoms with Crippen molar-refractivity contribution in [3.05, 3.63) is 35.4 Å². The number of carbonyl (C=O) groups excluding carboxylic acids is 1. The highest BCUT2D eigenvalue weighted by atomic mass is 19.4. The van der Waals surface area contributed by atoms with Crippen LogP contribution in [0.3, 0.4) is 0 Å². The molecule has 2 aliphatic rings. The van der Waals surface area contributed by atoms with Crippen LogP contribution in [0.25, 0.3) is 0 Å². The van der Waals surface area contributed by atoms with E-state index in [4.69, 9.17) is 15.2 Å². The van der Waals surface area contributed by atoms with E-state index in [0.29, 0.717) is 50.4 Å². The second-order valence-corrected chi connectivity index (χ2v) is 11.0. The average molecular weight is 608 g/mol. The molecular formula is C28H36F3N7O5. The highest BCUT2D eigenvalue weighted by Crippen LogP contribution is 2.43. The number of carboxylic acids is 1. The number of aliphatic carboxylic acids is 1. The molecule has 0 bridgehead atoms. The molecule has 2 saturated heterocycles. The average Bonchev–Trinajstić information content (AvgIpc) is 3.34. The first-order valence-corrected chi connectivity index (χ1v) is 13.9. The topological polar surface area (TPSA) is 156 Å². The molecule has 2 fully saturated rings. The lowest BCUT2D eigenvalue weighted by Crippen LogP contribution is -2.41. The van der Waals surface area contributed by atoms with Crippen LogP contribution in [0.1, 0.15) is 62.1 Å². The van der Waals surface area contributed by atoms with Crippen molar-refractivity contribution in [2.75, 3.05) is 48.9 Å². The zero-order valence-electron chi connectivity index (χ0n) is 24.4. The van der Waals surface area contributed by atoms with Crippen LogP contribution in [-0.2, 0) is 9.53 Å². The Morgan fingerprint density at radius 3 is 2.53 bits per heavy atom. The van der Waals surface area contributed by atoms with E-state index in [9.17, 15) is 27.9 Å². The summed E-state index contributed by atoms with van der Waals surface area (Å²) in [5.74, 6) is -2.04. The Morgan fingerprint density at radius 2 is 1.95 bits per heavy atom. The Morgan fingerprint density at radius 1 is 1.26 bits per heavy atom. The van der Waals surface area contributed by atoms with Crippen LogP contribution >= 0.6 is 0 Å². The highest BCUT2D eigenvalue weighted by molar-refractivity contribution is 5.90. The van der Waals surface area contributed by atoms with Gasteiger partial charge in [-0.2, -0.15) is 28.2 Å². The van der Waals surface area contributed by atoms with Crippen LogP contribution in [0.15, 0.2) is 29.4 Å². The van der Waals surface area contributed by atoms with E-state index in [1.165, 1.54) is 30.3 Å². The summed E-state index contributed by atoms with van der Waals surface area (Å²) in [5, 5.41) is 17.9. The molecule has 1 aromatic carbocycles. The number of ether oxygens (including phenoxy) is 2. The zero-order chi connectivity index (χ0) is 31.5. The maximum Gasteiger partial charge on any atom is 0.429 e. The minimum atomic E-state index is -4.93. The number of nitrogens with zero attached hydrogens (tertiary/aromatic N) is 5. The predicted octanol–water partition coefficient (Wildman–Crippen LogP) is 3.78. The van der Waals surface area contributed by atoms with Gasteiger partial charge in [0.25, 0.3) is 0 Å². The third-order valence-electron chi connectivity index (χ3n) is 7.57. The van der Waals surface area contributed by atoms with Crippen molar-refractivity contribution < 1.29 is 37.3 Å². The molecule has 2 atom stereocenters. The molecule has 1 aromatic heterocycles. The zero-order valence-corrected chi connectivity index (χ0v) is 24.4. The molecule has 2 aromatic rings. The number of rotatable bonds is 9. The minimum Gasteiger partial charge on any atom is -0.480 e. The van der Waals surface area contributed by atoms with Crippen LogP contribution in [0.2, 0.25) is 0 Å². The van der Waals surface area contributed by atoms with Crippen molar-refractivity contribution in [3.8, 4) is 5.88 Å². The lowest BCUT2D eigenvalue weighted by atomic mass is 9.76. The maximum atomic E-state index is 14.7. The number of nitrogen functional groups attached to an aromatic ring is 1. The molecule has 4 rings (SSSR count). The largest absolute Gasteiger partial charge is 0.480 e. The molecular weight excluding hydrogens is 571 g/mol. The van der Waals surface area contributed by atoms with Gasteiger partial charge in [0.15, 0.2) is 0 Å². The van der Waals surface area contributed by atoms with Crippen LogP contribution in [0.4, 0.5) is 30.6 Å². The summed E-state index contributed by atoms with van der Waals surface area (Å²) in [4.78, 5) is 33.9. The van der Waals surface area contributed by atoms with E-state index in [1.807, 2.05) is 4.90 Å². The van der Waals surface area contributed by atoms with Gasteiger partial charge >= 0.3 is 18.1 Å². The third-order valence-corrected chi connectivity index (χ3v) is 7.57. The highest BCUT2D eigenvalue weighted by Gasteiger charge is 2.46. The number of piperidine rings is 1. The summed E-state index contributed by atoms with van der Waals surface area (Å²) in [6.07, 6.45) is -5.63. The molecule has 3 heterocycles. The Bertz CT molecular complexity index is 1370. The normalized spacial score (nSPS) is 18.7. The van der Waals surface area contributed by atoms with Gasteiger partial charge < -0.3 is 30.5 Å². The molecule has 0 amide bonds. The fourth-order valence-electron chi connectivity index (χ4n) is 5.52. The van der Waals surface area contributed by atoms with Crippen molar-refractivity contribution >= 4 is 35.1 Å². The van der Waals surface area contributed by atoms with Crippen LogP contribution in [-0.4, -0.2) is 78.2 Å². The van der Waals surface area contributed by atoms with Crippen molar-refractivity contribution in [1.82, 2.24) is 15.3 Å². The van der Waals surface area contributed by atoms with E-state index in [0.717, 1.165) is 6.07 Å². The third kappa shape index (κ3) is 7.45. The second kappa shape index (κ2) is 12.6. The van der Waals surface area contributed by atoms with Gasteiger partial charge in [0.05, 0.1) is 17.9 Å². The molecule has 1 spiro atoms. The van der Waals surface area contributed by atoms with E-state index in [2.05, 4.69) is 20.4 Å². The number of anilines is 3.